The van der Waals surface area contributed by atoms with Crippen molar-refractivity contribution in [3.63, 3.8) is 0 Å². The highest BCUT2D eigenvalue weighted by Gasteiger charge is 2.31. The summed E-state index contributed by atoms with van der Waals surface area (Å²) in [5.74, 6) is 0. The van der Waals surface area contributed by atoms with Crippen LogP contribution in [0, 0.1) is 11.3 Å². The minimum Gasteiger partial charge on any atom is -0.382 e. The zero-order chi connectivity index (χ0) is 26.1. The second-order valence-electron chi connectivity index (χ2n) is 8.56. The average molecular weight is 513 g/mol. The van der Waals surface area contributed by atoms with Crippen LogP contribution in [0.15, 0.2) is 53.5 Å². The van der Waals surface area contributed by atoms with Crippen molar-refractivity contribution in [2.45, 2.75) is 32.0 Å². The van der Waals surface area contributed by atoms with Crippen LogP contribution in [0.2, 0.25) is 0 Å². The highest BCUT2D eigenvalue weighted by molar-refractivity contribution is 5.95. The number of benzene rings is 2. The van der Waals surface area contributed by atoms with Gasteiger partial charge in [-0.2, -0.15) is 23.5 Å². The van der Waals surface area contributed by atoms with Gasteiger partial charge >= 0.3 is 6.18 Å². The van der Waals surface area contributed by atoms with Crippen molar-refractivity contribution in [2.24, 2.45) is 0 Å². The van der Waals surface area contributed by atoms with Crippen LogP contribution in [0.3, 0.4) is 0 Å². The minimum atomic E-state index is -4.43. The van der Waals surface area contributed by atoms with Gasteiger partial charge in [-0.05, 0) is 60.3 Å². The van der Waals surface area contributed by atoms with E-state index >= 15 is 0 Å². The molecule has 4 aromatic rings. The number of aromatic amines is 1. The highest BCUT2D eigenvalue weighted by atomic mass is 19.4. The third-order valence-corrected chi connectivity index (χ3v) is 5.77. The lowest BCUT2D eigenvalue weighted by molar-refractivity contribution is -0.137. The van der Waals surface area contributed by atoms with Gasteiger partial charge in [-0.1, -0.05) is 11.2 Å². The predicted molar refractivity (Wildman–Crippen MR) is 133 cm³/mol. The first-order chi connectivity index (χ1) is 17.9. The molecule has 0 radical (unpaired) electrons. The molecule has 0 bridgehead atoms. The number of nitriles is 1. The molecular weight excluding hydrogens is 485 g/mol. The molecule has 2 aromatic carbocycles. The number of hydrogen-bond acceptors (Lipinski definition) is 7. The number of fused-ring (bicyclic) bond motifs is 1. The van der Waals surface area contributed by atoms with E-state index in [0.717, 1.165) is 52.7 Å². The van der Waals surface area contributed by atoms with Gasteiger partial charge in [-0.25, -0.2) is 0 Å². The summed E-state index contributed by atoms with van der Waals surface area (Å²) in [5, 5.41) is 27.2. The van der Waals surface area contributed by atoms with Crippen LogP contribution >= 0.6 is 0 Å². The third-order valence-electron chi connectivity index (χ3n) is 5.77. The molecule has 0 amide bonds. The predicted octanol–water partition coefficient (Wildman–Crippen LogP) is 5.30. The van der Waals surface area contributed by atoms with Crippen molar-refractivity contribution < 1.29 is 22.4 Å². The quantitative estimate of drug-likeness (QED) is 0.208. The minimum absolute atomic E-state index is 0.0522. The van der Waals surface area contributed by atoms with E-state index in [0.29, 0.717) is 44.0 Å². The van der Waals surface area contributed by atoms with Gasteiger partial charge in [0.15, 0.2) is 0 Å². The Labute approximate surface area is 211 Å². The van der Waals surface area contributed by atoms with Gasteiger partial charge in [-0.15, -0.1) is 0 Å². The average Bonchev–Trinajstić information content (AvgIpc) is 3.57. The number of aromatic nitrogens is 3. The standard InChI is InChI=1S/C26H27F3N6O2/c27-26(28,29)22-10-18(3-4-30)9-19(11-22)14-31-5-1-2-7-36-8-6-32-24-12-20(21-15-34-37-17-21)13-25-23(24)16-33-35-25/h9-13,15-17,31-32H,1-3,5-8,14H2,(H,33,35). The number of H-pyrrole nitrogens is 1. The van der Waals surface area contributed by atoms with Crippen LogP contribution in [-0.4, -0.2) is 41.7 Å². The summed E-state index contributed by atoms with van der Waals surface area (Å²) in [6.45, 7) is 2.69. The van der Waals surface area contributed by atoms with Gasteiger partial charge in [0.05, 0.1) is 42.6 Å². The van der Waals surface area contributed by atoms with Gasteiger partial charge in [0.2, 0.25) is 0 Å². The molecule has 0 saturated heterocycles. The summed E-state index contributed by atoms with van der Waals surface area (Å²) in [6, 6.07) is 9.71. The van der Waals surface area contributed by atoms with Gasteiger partial charge in [-0.3, -0.25) is 5.10 Å². The first kappa shape index (κ1) is 26.2. The lowest BCUT2D eigenvalue weighted by Gasteiger charge is -2.12. The number of alkyl halides is 3. The van der Waals surface area contributed by atoms with E-state index in [2.05, 4.69) is 26.0 Å². The Kier molecular flexibility index (Phi) is 8.77. The molecule has 194 valence electrons. The van der Waals surface area contributed by atoms with Crippen LogP contribution in [0.4, 0.5) is 18.9 Å². The molecular formula is C26H27F3N6O2. The van der Waals surface area contributed by atoms with Crippen LogP contribution in [-0.2, 0) is 23.9 Å². The van der Waals surface area contributed by atoms with Crippen LogP contribution < -0.4 is 10.6 Å². The highest BCUT2D eigenvalue weighted by Crippen LogP contribution is 2.31. The van der Waals surface area contributed by atoms with E-state index < -0.39 is 11.7 Å². The first-order valence-electron chi connectivity index (χ1n) is 11.9. The molecule has 0 unspecified atom stereocenters. The Morgan fingerprint density at radius 1 is 1.00 bits per heavy atom. The Bertz CT molecular complexity index is 1330. The zero-order valence-corrected chi connectivity index (χ0v) is 20.1. The fraction of sp³-hybridized carbons (Fsp3) is 0.346. The van der Waals surface area contributed by atoms with Crippen molar-refractivity contribution in [1.82, 2.24) is 20.7 Å². The first-order valence-corrected chi connectivity index (χ1v) is 11.9. The zero-order valence-electron chi connectivity index (χ0n) is 20.1. The molecule has 8 nitrogen and oxygen atoms in total. The summed E-state index contributed by atoms with van der Waals surface area (Å²) >= 11 is 0. The summed E-state index contributed by atoms with van der Waals surface area (Å²) in [6.07, 6.45) is 2.18. The fourth-order valence-electron chi connectivity index (χ4n) is 3.98. The SMILES string of the molecule is N#CCc1cc(CNCCCCOCCNc2cc(-c3cnoc3)cc3[nH]ncc23)cc(C(F)(F)F)c1. The lowest BCUT2D eigenvalue weighted by Crippen LogP contribution is -2.17. The Hall–Kier alpha value is -3.88. The third kappa shape index (κ3) is 7.31. The number of halogens is 3. The molecule has 3 N–H and O–H groups in total. The normalized spacial score (nSPS) is 11.6. The van der Waals surface area contributed by atoms with Crippen molar-refractivity contribution in [3.05, 3.63) is 65.7 Å². The van der Waals surface area contributed by atoms with E-state index in [1.807, 2.05) is 18.2 Å². The fourth-order valence-corrected chi connectivity index (χ4v) is 3.98. The molecule has 0 saturated carbocycles. The largest absolute Gasteiger partial charge is 0.416 e. The summed E-state index contributed by atoms with van der Waals surface area (Å²) in [7, 11) is 0. The number of nitrogens with zero attached hydrogens (tertiary/aromatic N) is 3. The molecule has 2 heterocycles. The number of ether oxygens (including phenoxy) is 1. The summed E-state index contributed by atoms with van der Waals surface area (Å²) in [4.78, 5) is 0. The maximum atomic E-state index is 13.1. The van der Waals surface area contributed by atoms with Gasteiger partial charge in [0.1, 0.15) is 6.26 Å². The van der Waals surface area contributed by atoms with E-state index in [9.17, 15) is 13.2 Å². The Morgan fingerprint density at radius 3 is 2.65 bits per heavy atom. The lowest BCUT2D eigenvalue weighted by atomic mass is 10.0. The number of nitrogens with one attached hydrogen (secondary N) is 3. The van der Waals surface area contributed by atoms with Gasteiger partial charge < -0.3 is 19.9 Å². The Morgan fingerprint density at radius 2 is 1.86 bits per heavy atom. The smallest absolute Gasteiger partial charge is 0.382 e. The summed E-state index contributed by atoms with van der Waals surface area (Å²) in [5.41, 5.74) is 3.83. The second-order valence-corrected chi connectivity index (χ2v) is 8.56. The molecule has 0 fully saturated rings. The topological polar surface area (TPSA) is 112 Å². The maximum Gasteiger partial charge on any atom is 0.416 e. The molecule has 2 aromatic heterocycles. The number of hydrogen-bond donors (Lipinski definition) is 3. The van der Waals surface area contributed by atoms with Crippen molar-refractivity contribution >= 4 is 16.6 Å². The van der Waals surface area contributed by atoms with E-state index in [1.165, 1.54) is 0 Å². The molecule has 4 rings (SSSR count). The molecule has 11 heteroatoms. The van der Waals surface area contributed by atoms with E-state index in [4.69, 9.17) is 14.5 Å². The van der Waals surface area contributed by atoms with Crippen LogP contribution in [0.1, 0.15) is 29.5 Å². The monoisotopic (exact) mass is 512 g/mol. The van der Waals surface area contributed by atoms with Crippen molar-refractivity contribution in [2.75, 3.05) is 31.6 Å². The number of unbranched alkanes of at least 4 members (excludes halogenated alkanes) is 1. The van der Waals surface area contributed by atoms with E-state index in [1.54, 1.807) is 24.7 Å². The van der Waals surface area contributed by atoms with Crippen molar-refractivity contribution in [1.29, 1.82) is 5.26 Å². The molecule has 0 aliphatic carbocycles. The molecule has 0 atom stereocenters. The number of anilines is 1. The maximum absolute atomic E-state index is 13.1. The molecule has 37 heavy (non-hydrogen) atoms. The molecule has 0 aliphatic rings. The van der Waals surface area contributed by atoms with Gasteiger partial charge in [0.25, 0.3) is 0 Å². The summed E-state index contributed by atoms with van der Waals surface area (Å²) < 4.78 is 50.0. The molecule has 0 aliphatic heterocycles. The van der Waals surface area contributed by atoms with Gasteiger partial charge in [0, 0.05) is 36.3 Å². The van der Waals surface area contributed by atoms with Crippen LogP contribution in [0.5, 0.6) is 0 Å². The number of rotatable bonds is 13. The second kappa shape index (κ2) is 12.4. The van der Waals surface area contributed by atoms with Crippen LogP contribution in [0.25, 0.3) is 22.0 Å². The van der Waals surface area contributed by atoms with E-state index in [-0.39, 0.29) is 6.42 Å². The molecule has 0 spiro atoms. The van der Waals surface area contributed by atoms with Crippen molar-refractivity contribution in [3.8, 4) is 17.2 Å². The Balaban J connectivity index is 1.14.